The monoisotopic (exact) mass is 1350 g/mol. The number of amides is 1. The fraction of sp³-hybridized carbons (Fsp3) is 0.911. The minimum absolute atomic E-state index is 0.0210. The molecule has 0 saturated heterocycles. The molecule has 6 nitrogen and oxygen atoms in total. The van der Waals surface area contributed by atoms with Gasteiger partial charge in [0.1, 0.15) is 0 Å². The van der Waals surface area contributed by atoms with E-state index in [1.807, 2.05) is 0 Å². The number of esters is 1. The molecule has 6 heteroatoms. The van der Waals surface area contributed by atoms with Crippen molar-refractivity contribution in [2.45, 2.75) is 514 Å². The Bertz CT molecular complexity index is 1560. The number of rotatable bonds is 84. The number of ether oxygens (including phenoxy) is 1. The van der Waals surface area contributed by atoms with E-state index in [0.29, 0.717) is 25.9 Å². The van der Waals surface area contributed by atoms with E-state index < -0.39 is 12.1 Å². The number of carbonyl (C=O) groups is 2. The molecule has 2 unspecified atom stereocenters. The first-order chi connectivity index (χ1) is 47.5. The second-order valence-corrected chi connectivity index (χ2v) is 30.6. The lowest BCUT2D eigenvalue weighted by molar-refractivity contribution is -0.143. The molecule has 0 aliphatic heterocycles. The summed E-state index contributed by atoms with van der Waals surface area (Å²) in [5, 5.41) is 23.5. The van der Waals surface area contributed by atoms with Gasteiger partial charge < -0.3 is 20.3 Å². The smallest absolute Gasteiger partial charge is 0.305 e. The van der Waals surface area contributed by atoms with Crippen LogP contribution in [0.4, 0.5) is 0 Å². The summed E-state index contributed by atoms with van der Waals surface area (Å²) < 4.78 is 5.52. The molecule has 0 radical (unpaired) electrons. The number of carbonyl (C=O) groups excluding carboxylic acids is 2. The van der Waals surface area contributed by atoms with E-state index in [2.05, 4.69) is 55.6 Å². The van der Waals surface area contributed by atoms with Crippen molar-refractivity contribution in [2.75, 3.05) is 13.2 Å². The van der Waals surface area contributed by atoms with Gasteiger partial charge in [0, 0.05) is 12.8 Å². The second-order valence-electron chi connectivity index (χ2n) is 30.6. The Hall–Kier alpha value is -1.92. The Morgan fingerprint density at radius 1 is 0.292 bits per heavy atom. The highest BCUT2D eigenvalue weighted by Gasteiger charge is 2.20. The first-order valence-electron chi connectivity index (χ1n) is 44.2. The van der Waals surface area contributed by atoms with Crippen LogP contribution in [0.1, 0.15) is 502 Å². The van der Waals surface area contributed by atoms with Crippen molar-refractivity contribution in [1.82, 2.24) is 5.32 Å². The maximum absolute atomic E-state index is 12.6. The lowest BCUT2D eigenvalue weighted by Gasteiger charge is -2.22. The van der Waals surface area contributed by atoms with Crippen molar-refractivity contribution in [3.63, 3.8) is 0 Å². The first kappa shape index (κ1) is 94.1. The minimum Gasteiger partial charge on any atom is -0.466 e. The lowest BCUT2D eigenvalue weighted by Crippen LogP contribution is -2.45. The molecule has 3 N–H and O–H groups in total. The third kappa shape index (κ3) is 81.0. The fourth-order valence-electron chi connectivity index (χ4n) is 14.2. The summed E-state index contributed by atoms with van der Waals surface area (Å²) in [6.45, 7) is 5.01. The van der Waals surface area contributed by atoms with Crippen LogP contribution in [0.15, 0.2) is 36.5 Å². The van der Waals surface area contributed by atoms with Crippen molar-refractivity contribution in [1.29, 1.82) is 0 Å². The molecule has 0 aromatic rings. The average Bonchev–Trinajstić information content (AvgIpc) is 3.22. The number of hydrogen-bond acceptors (Lipinski definition) is 5. The van der Waals surface area contributed by atoms with Crippen LogP contribution in [0.3, 0.4) is 0 Å². The first-order valence-corrected chi connectivity index (χ1v) is 44.2. The molecule has 2 atom stereocenters. The van der Waals surface area contributed by atoms with E-state index in [9.17, 15) is 19.8 Å². The Morgan fingerprint density at radius 3 is 0.802 bits per heavy atom. The molecule has 0 heterocycles. The number of aliphatic hydroxyl groups excluding tert-OH is 2. The normalized spacial score (nSPS) is 12.6. The zero-order valence-electron chi connectivity index (χ0n) is 65.4. The molecule has 0 fully saturated rings. The van der Waals surface area contributed by atoms with Gasteiger partial charge in [-0.1, -0.05) is 442 Å². The molecule has 0 aliphatic carbocycles. The third-order valence-corrected chi connectivity index (χ3v) is 20.9. The highest BCUT2D eigenvalue weighted by atomic mass is 16.5. The third-order valence-electron chi connectivity index (χ3n) is 20.9. The highest BCUT2D eigenvalue weighted by Crippen LogP contribution is 2.21. The summed E-state index contributed by atoms with van der Waals surface area (Å²) in [5.41, 5.74) is 0. The van der Waals surface area contributed by atoms with E-state index in [4.69, 9.17) is 4.74 Å². The molecule has 0 bridgehead atoms. The quantitative estimate of drug-likeness (QED) is 0.0320. The minimum atomic E-state index is -0.664. The Kier molecular flexibility index (Phi) is 83.8. The van der Waals surface area contributed by atoms with Gasteiger partial charge in [-0.15, -0.1) is 0 Å². The number of nitrogens with one attached hydrogen (secondary N) is 1. The number of unbranched alkanes of at least 4 members (excludes halogenated alkanes) is 67. The van der Waals surface area contributed by atoms with Crippen LogP contribution >= 0.6 is 0 Å². The van der Waals surface area contributed by atoms with Crippen molar-refractivity contribution >= 4 is 11.9 Å². The molecule has 96 heavy (non-hydrogen) atoms. The van der Waals surface area contributed by atoms with Gasteiger partial charge in [0.15, 0.2) is 0 Å². The zero-order chi connectivity index (χ0) is 69.1. The van der Waals surface area contributed by atoms with Crippen LogP contribution in [0.25, 0.3) is 0 Å². The standard InChI is InChI=1S/C90H173NO5/c1-3-5-7-9-11-13-15-17-19-21-23-43-47-50-54-58-62-66-70-74-78-82-88(93)87(86-92)91-89(94)83-79-75-71-67-63-59-55-51-48-44-41-39-37-35-33-31-29-27-25-24-26-28-30-32-34-36-38-40-42-45-49-53-57-61-65-69-73-77-81-85-96-90(95)84-80-76-72-68-64-60-56-52-46-22-20-18-16-14-12-10-8-6-4-2/h18,20,24-25,28,30,87-88,92-93H,3-17,19,21-23,26-27,29,31-86H2,1-2H3,(H,91,94)/b20-18-,25-24-,30-28-. The van der Waals surface area contributed by atoms with Crippen LogP contribution in [0.2, 0.25) is 0 Å². The van der Waals surface area contributed by atoms with Gasteiger partial charge >= 0.3 is 5.97 Å². The summed E-state index contributed by atoms with van der Waals surface area (Å²) in [5.74, 6) is -0.00541. The molecule has 0 aliphatic rings. The second kappa shape index (κ2) is 85.5. The molecule has 0 rings (SSSR count). The summed E-state index contributed by atoms with van der Waals surface area (Å²) >= 11 is 0. The topological polar surface area (TPSA) is 95.9 Å². The van der Waals surface area contributed by atoms with Crippen LogP contribution in [0, 0.1) is 0 Å². The average molecular weight is 1350 g/mol. The molecule has 0 aromatic carbocycles. The predicted molar refractivity (Wildman–Crippen MR) is 426 cm³/mol. The summed E-state index contributed by atoms with van der Waals surface area (Å²) in [6, 6.07) is -0.540. The van der Waals surface area contributed by atoms with Gasteiger partial charge in [0.2, 0.25) is 5.91 Å². The van der Waals surface area contributed by atoms with Crippen molar-refractivity contribution in [3.05, 3.63) is 36.5 Å². The molecule has 0 spiro atoms. The van der Waals surface area contributed by atoms with Gasteiger partial charge in [-0.2, -0.15) is 0 Å². The summed E-state index contributed by atoms with van der Waals surface area (Å²) in [7, 11) is 0. The summed E-state index contributed by atoms with van der Waals surface area (Å²) in [6.07, 6.45) is 113. The number of allylic oxidation sites excluding steroid dienone is 6. The Balaban J connectivity index is 3.34. The highest BCUT2D eigenvalue weighted by molar-refractivity contribution is 5.76. The number of aliphatic hydroxyl groups is 2. The van der Waals surface area contributed by atoms with E-state index in [-0.39, 0.29) is 18.5 Å². The van der Waals surface area contributed by atoms with Crippen molar-refractivity contribution < 1.29 is 24.5 Å². The van der Waals surface area contributed by atoms with Gasteiger partial charge in [-0.05, 0) is 83.5 Å². The molecule has 568 valence electrons. The van der Waals surface area contributed by atoms with Crippen molar-refractivity contribution in [2.24, 2.45) is 0 Å². The van der Waals surface area contributed by atoms with E-state index in [1.54, 1.807) is 0 Å². The SMILES string of the molecule is CCCCCCCC/C=C\CCCCCCCCCCCC(=O)OCCCCCCCCCCCCCCCCC/C=C\C/C=C\CCCCCCCCCCCCCCCCCCCC(=O)NC(CO)C(O)CCCCCCCCCCCCCCCCCCCCCCC. The van der Waals surface area contributed by atoms with E-state index in [0.717, 1.165) is 44.9 Å². The van der Waals surface area contributed by atoms with Gasteiger partial charge in [0.05, 0.1) is 25.4 Å². The fourth-order valence-corrected chi connectivity index (χ4v) is 14.2. The molecular weight excluding hydrogens is 1170 g/mol. The number of hydrogen-bond donors (Lipinski definition) is 3. The molecule has 1 amide bonds. The van der Waals surface area contributed by atoms with E-state index in [1.165, 1.54) is 424 Å². The zero-order valence-corrected chi connectivity index (χ0v) is 65.4. The molecular formula is C90H173NO5. The van der Waals surface area contributed by atoms with Crippen molar-refractivity contribution in [3.8, 4) is 0 Å². The van der Waals surface area contributed by atoms with Gasteiger partial charge in [0.25, 0.3) is 0 Å². The van der Waals surface area contributed by atoms with Gasteiger partial charge in [-0.3, -0.25) is 9.59 Å². The lowest BCUT2D eigenvalue weighted by atomic mass is 10.0. The molecule has 0 aromatic heterocycles. The maximum atomic E-state index is 12.6. The van der Waals surface area contributed by atoms with E-state index >= 15 is 0 Å². The Morgan fingerprint density at radius 2 is 0.521 bits per heavy atom. The maximum Gasteiger partial charge on any atom is 0.305 e. The Labute approximate surface area is 602 Å². The summed E-state index contributed by atoms with van der Waals surface area (Å²) in [4.78, 5) is 24.7. The van der Waals surface area contributed by atoms with Crippen LogP contribution in [0.5, 0.6) is 0 Å². The van der Waals surface area contributed by atoms with Gasteiger partial charge in [-0.25, -0.2) is 0 Å². The van der Waals surface area contributed by atoms with Crippen LogP contribution in [-0.4, -0.2) is 47.4 Å². The largest absolute Gasteiger partial charge is 0.466 e. The van der Waals surface area contributed by atoms with Crippen LogP contribution < -0.4 is 5.32 Å². The van der Waals surface area contributed by atoms with Crippen LogP contribution in [-0.2, 0) is 14.3 Å². The molecule has 0 saturated carbocycles. The predicted octanol–water partition coefficient (Wildman–Crippen LogP) is 29.7.